The lowest BCUT2D eigenvalue weighted by molar-refractivity contribution is 0.103. The van der Waals surface area contributed by atoms with Gasteiger partial charge in [-0.3, -0.25) is 4.79 Å². The van der Waals surface area contributed by atoms with Crippen LogP contribution in [0.5, 0.6) is 0 Å². The monoisotopic (exact) mass is 336 g/mol. The predicted octanol–water partition coefficient (Wildman–Crippen LogP) is 5.97. The summed E-state index contributed by atoms with van der Waals surface area (Å²) in [6.07, 6.45) is 0.749. The fraction of sp³-hybridized carbons (Fsp3) is 0.0800. The van der Waals surface area contributed by atoms with Gasteiger partial charge in [-0.1, -0.05) is 96.6 Å². The summed E-state index contributed by atoms with van der Waals surface area (Å²) < 4.78 is 0. The fourth-order valence-corrected chi connectivity index (χ4v) is 3.33. The van der Waals surface area contributed by atoms with Crippen LogP contribution in [-0.4, -0.2) is 5.78 Å². The summed E-state index contributed by atoms with van der Waals surface area (Å²) in [5.41, 5.74) is 4.96. The standard InChI is InChI=1S/C25H20O/c1-18-10-13-21(14-11-18)25(26)24-9-5-4-8-23(24)17-19-12-15-20-6-2-3-7-22(20)16-19/h2-16H,17H2,1H3. The van der Waals surface area contributed by atoms with Crippen molar-refractivity contribution in [2.45, 2.75) is 13.3 Å². The summed E-state index contributed by atoms with van der Waals surface area (Å²) in [7, 11) is 0. The van der Waals surface area contributed by atoms with Crippen molar-refractivity contribution in [1.82, 2.24) is 0 Å². The van der Waals surface area contributed by atoms with Gasteiger partial charge in [-0.25, -0.2) is 0 Å². The maximum atomic E-state index is 13.0. The lowest BCUT2D eigenvalue weighted by Crippen LogP contribution is -2.06. The van der Waals surface area contributed by atoms with Gasteiger partial charge in [0, 0.05) is 11.1 Å². The molecule has 4 rings (SSSR count). The Bertz CT molecular complexity index is 1070. The molecule has 4 aromatic rings. The SMILES string of the molecule is Cc1ccc(C(=O)c2ccccc2Cc2ccc3ccccc3c2)cc1. The van der Waals surface area contributed by atoms with E-state index in [2.05, 4.69) is 48.5 Å². The quantitative estimate of drug-likeness (QED) is 0.420. The number of carbonyl (C=O) groups excluding carboxylic acids is 1. The summed E-state index contributed by atoms with van der Waals surface area (Å²) in [5.74, 6) is 0.0846. The number of fused-ring (bicyclic) bond motifs is 1. The minimum absolute atomic E-state index is 0.0846. The molecule has 1 heteroatoms. The zero-order chi connectivity index (χ0) is 17.9. The Morgan fingerprint density at radius 2 is 1.42 bits per heavy atom. The maximum absolute atomic E-state index is 13.0. The first kappa shape index (κ1) is 16.3. The molecule has 126 valence electrons. The molecular formula is C25H20O. The Balaban J connectivity index is 1.68. The van der Waals surface area contributed by atoms with E-state index < -0.39 is 0 Å². The van der Waals surface area contributed by atoms with Crippen molar-refractivity contribution in [3.63, 3.8) is 0 Å². The Kier molecular flexibility index (Phi) is 4.37. The van der Waals surface area contributed by atoms with Crippen molar-refractivity contribution in [2.24, 2.45) is 0 Å². The van der Waals surface area contributed by atoms with Crippen LogP contribution in [0.3, 0.4) is 0 Å². The molecule has 0 saturated carbocycles. The molecule has 0 bridgehead atoms. The highest BCUT2D eigenvalue weighted by Crippen LogP contribution is 2.21. The van der Waals surface area contributed by atoms with Crippen molar-refractivity contribution >= 4 is 16.6 Å². The van der Waals surface area contributed by atoms with Gasteiger partial charge in [-0.15, -0.1) is 0 Å². The van der Waals surface area contributed by atoms with Crippen LogP contribution in [0.25, 0.3) is 10.8 Å². The average molecular weight is 336 g/mol. The van der Waals surface area contributed by atoms with Gasteiger partial charge in [0.15, 0.2) is 5.78 Å². The fourth-order valence-electron chi connectivity index (χ4n) is 3.33. The number of ketones is 1. The smallest absolute Gasteiger partial charge is 0.193 e. The van der Waals surface area contributed by atoms with Crippen LogP contribution in [0.15, 0.2) is 91.0 Å². The van der Waals surface area contributed by atoms with Gasteiger partial charge in [0.05, 0.1) is 0 Å². The first-order valence-electron chi connectivity index (χ1n) is 8.88. The average Bonchev–Trinajstić information content (AvgIpc) is 2.68. The van der Waals surface area contributed by atoms with Crippen molar-refractivity contribution in [2.75, 3.05) is 0 Å². The lowest BCUT2D eigenvalue weighted by atomic mass is 9.93. The van der Waals surface area contributed by atoms with Crippen molar-refractivity contribution in [3.8, 4) is 0 Å². The summed E-state index contributed by atoms with van der Waals surface area (Å²) >= 11 is 0. The predicted molar refractivity (Wildman–Crippen MR) is 108 cm³/mol. The van der Waals surface area contributed by atoms with E-state index in [1.54, 1.807) is 0 Å². The van der Waals surface area contributed by atoms with Gasteiger partial charge in [0.1, 0.15) is 0 Å². The van der Waals surface area contributed by atoms with E-state index in [-0.39, 0.29) is 5.78 Å². The summed E-state index contributed by atoms with van der Waals surface area (Å²) in [4.78, 5) is 13.0. The molecular weight excluding hydrogens is 316 g/mol. The van der Waals surface area contributed by atoms with Crippen LogP contribution >= 0.6 is 0 Å². The van der Waals surface area contributed by atoms with Crippen molar-refractivity contribution < 1.29 is 4.79 Å². The molecule has 0 aliphatic rings. The zero-order valence-corrected chi connectivity index (χ0v) is 14.8. The van der Waals surface area contributed by atoms with Gasteiger partial charge in [0.25, 0.3) is 0 Å². The van der Waals surface area contributed by atoms with Crippen LogP contribution < -0.4 is 0 Å². The van der Waals surface area contributed by atoms with Gasteiger partial charge < -0.3 is 0 Å². The normalized spacial score (nSPS) is 10.8. The van der Waals surface area contributed by atoms with Crippen LogP contribution in [-0.2, 0) is 6.42 Å². The molecule has 0 amide bonds. The first-order valence-corrected chi connectivity index (χ1v) is 8.88. The largest absolute Gasteiger partial charge is 0.289 e. The molecule has 0 unspecified atom stereocenters. The Morgan fingerprint density at radius 1 is 0.731 bits per heavy atom. The van der Waals surface area contributed by atoms with E-state index in [9.17, 15) is 4.79 Å². The third-order valence-electron chi connectivity index (χ3n) is 4.78. The number of hydrogen-bond donors (Lipinski definition) is 0. The number of benzene rings is 4. The molecule has 0 radical (unpaired) electrons. The summed E-state index contributed by atoms with van der Waals surface area (Å²) in [6, 6.07) is 30.6. The molecule has 4 aromatic carbocycles. The lowest BCUT2D eigenvalue weighted by Gasteiger charge is -2.10. The van der Waals surface area contributed by atoms with E-state index in [1.807, 2.05) is 49.4 Å². The molecule has 0 aromatic heterocycles. The van der Waals surface area contributed by atoms with E-state index >= 15 is 0 Å². The van der Waals surface area contributed by atoms with E-state index in [0.29, 0.717) is 0 Å². The Morgan fingerprint density at radius 3 is 2.23 bits per heavy atom. The molecule has 0 aliphatic heterocycles. The molecule has 0 atom stereocenters. The Hall–Kier alpha value is -3.19. The van der Waals surface area contributed by atoms with E-state index in [1.165, 1.54) is 16.3 Å². The molecule has 0 fully saturated rings. The van der Waals surface area contributed by atoms with Crippen LogP contribution in [0, 0.1) is 6.92 Å². The highest BCUT2D eigenvalue weighted by molar-refractivity contribution is 6.10. The molecule has 0 aliphatic carbocycles. The second kappa shape index (κ2) is 6.97. The van der Waals surface area contributed by atoms with Gasteiger partial charge >= 0.3 is 0 Å². The third kappa shape index (κ3) is 3.29. The molecule has 26 heavy (non-hydrogen) atoms. The van der Waals surface area contributed by atoms with Gasteiger partial charge in [-0.2, -0.15) is 0 Å². The third-order valence-corrected chi connectivity index (χ3v) is 4.78. The number of aryl methyl sites for hydroxylation is 1. The minimum Gasteiger partial charge on any atom is -0.289 e. The molecule has 0 spiro atoms. The Labute approximate surface area is 153 Å². The first-order chi connectivity index (χ1) is 12.7. The number of carbonyl (C=O) groups is 1. The second-order valence-corrected chi connectivity index (χ2v) is 6.71. The molecule has 0 saturated heterocycles. The molecule has 0 N–H and O–H groups in total. The number of hydrogen-bond acceptors (Lipinski definition) is 1. The highest BCUT2D eigenvalue weighted by atomic mass is 16.1. The molecule has 0 heterocycles. The van der Waals surface area contributed by atoms with E-state index in [0.717, 1.165) is 28.7 Å². The van der Waals surface area contributed by atoms with Gasteiger partial charge in [-0.05, 0) is 35.2 Å². The maximum Gasteiger partial charge on any atom is 0.193 e. The second-order valence-electron chi connectivity index (χ2n) is 6.71. The summed E-state index contributed by atoms with van der Waals surface area (Å²) in [6.45, 7) is 2.03. The van der Waals surface area contributed by atoms with Crippen molar-refractivity contribution in [1.29, 1.82) is 0 Å². The van der Waals surface area contributed by atoms with Crippen LogP contribution in [0.4, 0.5) is 0 Å². The molecule has 1 nitrogen and oxygen atoms in total. The topological polar surface area (TPSA) is 17.1 Å². The van der Waals surface area contributed by atoms with Crippen LogP contribution in [0.1, 0.15) is 32.6 Å². The zero-order valence-electron chi connectivity index (χ0n) is 14.8. The van der Waals surface area contributed by atoms with Crippen molar-refractivity contribution in [3.05, 3.63) is 119 Å². The summed E-state index contributed by atoms with van der Waals surface area (Å²) in [5, 5.41) is 2.47. The number of rotatable bonds is 4. The van der Waals surface area contributed by atoms with Crippen LogP contribution in [0.2, 0.25) is 0 Å². The minimum atomic E-state index is 0.0846. The van der Waals surface area contributed by atoms with E-state index in [4.69, 9.17) is 0 Å². The van der Waals surface area contributed by atoms with Gasteiger partial charge in [0.2, 0.25) is 0 Å². The highest BCUT2D eigenvalue weighted by Gasteiger charge is 2.13.